The predicted octanol–water partition coefficient (Wildman–Crippen LogP) is 1.41. The van der Waals surface area contributed by atoms with Crippen LogP contribution in [0.15, 0.2) is 18.6 Å². The molecule has 6 heteroatoms. The van der Waals surface area contributed by atoms with Gasteiger partial charge in [-0.2, -0.15) is 0 Å². The predicted molar refractivity (Wildman–Crippen MR) is 85.5 cm³/mol. The zero-order valence-corrected chi connectivity index (χ0v) is 13.0. The highest BCUT2D eigenvalue weighted by atomic mass is 16.1. The van der Waals surface area contributed by atoms with Gasteiger partial charge in [0.25, 0.3) is 0 Å². The molecule has 1 amide bonds. The number of nitrogens with one attached hydrogen (secondary N) is 2. The van der Waals surface area contributed by atoms with Gasteiger partial charge in [-0.15, -0.1) is 0 Å². The molecule has 0 saturated carbocycles. The first kappa shape index (κ1) is 15.2. The molecule has 2 aliphatic heterocycles. The van der Waals surface area contributed by atoms with Gasteiger partial charge < -0.3 is 15.5 Å². The van der Waals surface area contributed by atoms with Crippen LogP contribution >= 0.6 is 0 Å². The van der Waals surface area contributed by atoms with E-state index in [-0.39, 0.29) is 5.91 Å². The molecule has 1 aromatic heterocycles. The van der Waals surface area contributed by atoms with E-state index >= 15 is 0 Å². The van der Waals surface area contributed by atoms with Crippen LogP contribution in [0.5, 0.6) is 0 Å². The Labute approximate surface area is 131 Å². The maximum atomic E-state index is 11.6. The molecule has 1 atom stereocenters. The molecule has 120 valence electrons. The molecule has 2 N–H and O–H groups in total. The normalized spacial score (nSPS) is 24.5. The zero-order valence-electron chi connectivity index (χ0n) is 13.0. The summed E-state index contributed by atoms with van der Waals surface area (Å²) < 4.78 is 0. The Bertz CT molecular complexity index is 473. The highest BCUT2D eigenvalue weighted by molar-refractivity contribution is 5.76. The van der Waals surface area contributed by atoms with E-state index < -0.39 is 0 Å². The lowest BCUT2D eigenvalue weighted by molar-refractivity contribution is -0.121. The van der Waals surface area contributed by atoms with E-state index in [1.165, 1.54) is 0 Å². The van der Waals surface area contributed by atoms with Gasteiger partial charge >= 0.3 is 0 Å². The minimum Gasteiger partial charge on any atom is -0.367 e. The first-order chi connectivity index (χ1) is 10.8. The molecule has 2 fully saturated rings. The van der Waals surface area contributed by atoms with Gasteiger partial charge in [-0.1, -0.05) is 6.42 Å². The first-order valence-electron chi connectivity index (χ1n) is 8.34. The fraction of sp³-hybridized carbons (Fsp3) is 0.688. The maximum Gasteiger partial charge on any atom is 0.220 e. The third kappa shape index (κ3) is 4.40. The number of anilines is 1. The Morgan fingerprint density at radius 3 is 2.91 bits per heavy atom. The number of hydrogen-bond acceptors (Lipinski definition) is 5. The standard InChI is InChI=1S/C16H25N5O/c22-16-4-2-1-3-14(20-16)11-21-9-6-13(7-10-21)19-15-5-8-17-12-18-15/h5,8,12-14H,1-4,6-7,9-11H2,(H,20,22)(H,17,18,19). The number of amides is 1. The number of carbonyl (C=O) groups excluding carboxylic acids is 1. The van der Waals surface area contributed by atoms with Gasteiger partial charge in [-0.3, -0.25) is 4.79 Å². The van der Waals surface area contributed by atoms with Gasteiger partial charge in [0.05, 0.1) is 0 Å². The van der Waals surface area contributed by atoms with Crippen molar-refractivity contribution in [3.63, 3.8) is 0 Å². The lowest BCUT2D eigenvalue weighted by atomic mass is 10.0. The molecule has 22 heavy (non-hydrogen) atoms. The molecule has 0 aliphatic carbocycles. The van der Waals surface area contributed by atoms with Crippen molar-refractivity contribution in [1.82, 2.24) is 20.2 Å². The summed E-state index contributed by atoms with van der Waals surface area (Å²) in [6.07, 6.45) is 9.58. The maximum absolute atomic E-state index is 11.6. The number of carbonyl (C=O) groups is 1. The first-order valence-corrected chi connectivity index (χ1v) is 8.34. The lowest BCUT2D eigenvalue weighted by Crippen LogP contribution is -2.47. The number of hydrogen-bond donors (Lipinski definition) is 2. The molecule has 3 rings (SSSR count). The van der Waals surface area contributed by atoms with Crippen molar-refractivity contribution < 1.29 is 4.79 Å². The molecular weight excluding hydrogens is 278 g/mol. The van der Waals surface area contributed by atoms with Crippen LogP contribution < -0.4 is 10.6 Å². The van der Waals surface area contributed by atoms with Crippen molar-refractivity contribution in [2.75, 3.05) is 25.0 Å². The molecule has 2 aliphatic rings. The highest BCUT2D eigenvalue weighted by Crippen LogP contribution is 2.17. The van der Waals surface area contributed by atoms with Crippen molar-refractivity contribution in [1.29, 1.82) is 0 Å². The minimum absolute atomic E-state index is 0.225. The van der Waals surface area contributed by atoms with Crippen LogP contribution in [-0.2, 0) is 4.79 Å². The Balaban J connectivity index is 1.42. The number of rotatable bonds is 4. The summed E-state index contributed by atoms with van der Waals surface area (Å²) in [5.74, 6) is 1.13. The molecule has 1 unspecified atom stereocenters. The molecule has 1 aromatic rings. The van der Waals surface area contributed by atoms with Crippen molar-refractivity contribution in [3.8, 4) is 0 Å². The van der Waals surface area contributed by atoms with Crippen molar-refractivity contribution in [2.45, 2.75) is 50.6 Å². The van der Waals surface area contributed by atoms with Gasteiger partial charge in [0.15, 0.2) is 0 Å². The number of aromatic nitrogens is 2. The SMILES string of the molecule is O=C1CCCCC(CN2CCC(Nc3ccncn3)CC2)N1. The number of piperidine rings is 1. The third-order valence-electron chi connectivity index (χ3n) is 4.57. The van der Waals surface area contributed by atoms with E-state index in [1.54, 1.807) is 12.5 Å². The minimum atomic E-state index is 0.225. The third-order valence-corrected chi connectivity index (χ3v) is 4.57. The number of nitrogens with zero attached hydrogens (tertiary/aromatic N) is 3. The Morgan fingerprint density at radius 1 is 1.27 bits per heavy atom. The zero-order chi connectivity index (χ0) is 15.2. The van der Waals surface area contributed by atoms with E-state index in [0.717, 1.165) is 57.6 Å². The molecular formula is C16H25N5O. The van der Waals surface area contributed by atoms with Crippen LogP contribution in [0.2, 0.25) is 0 Å². The average Bonchev–Trinajstić information content (AvgIpc) is 2.74. The van der Waals surface area contributed by atoms with Gasteiger partial charge in [-0.25, -0.2) is 9.97 Å². The quantitative estimate of drug-likeness (QED) is 0.880. The second kappa shape index (κ2) is 7.54. The van der Waals surface area contributed by atoms with E-state index in [0.29, 0.717) is 18.5 Å². The van der Waals surface area contributed by atoms with Gasteiger partial charge in [0, 0.05) is 44.3 Å². The Hall–Kier alpha value is -1.69. The molecule has 0 radical (unpaired) electrons. The monoisotopic (exact) mass is 303 g/mol. The van der Waals surface area contributed by atoms with Gasteiger partial charge in [0.1, 0.15) is 12.1 Å². The Kier molecular flexibility index (Phi) is 5.21. The number of likely N-dealkylation sites (tertiary alicyclic amines) is 1. The highest BCUT2D eigenvalue weighted by Gasteiger charge is 2.23. The van der Waals surface area contributed by atoms with Crippen molar-refractivity contribution in [3.05, 3.63) is 18.6 Å². The molecule has 0 aromatic carbocycles. The van der Waals surface area contributed by atoms with E-state index in [4.69, 9.17) is 0 Å². The average molecular weight is 303 g/mol. The molecule has 2 saturated heterocycles. The van der Waals surface area contributed by atoms with E-state index in [2.05, 4.69) is 25.5 Å². The summed E-state index contributed by atoms with van der Waals surface area (Å²) >= 11 is 0. The second-order valence-electron chi connectivity index (χ2n) is 6.32. The van der Waals surface area contributed by atoms with E-state index in [9.17, 15) is 4.79 Å². The summed E-state index contributed by atoms with van der Waals surface area (Å²) in [4.78, 5) is 22.3. The van der Waals surface area contributed by atoms with Crippen molar-refractivity contribution in [2.24, 2.45) is 0 Å². The summed E-state index contributed by atoms with van der Waals surface area (Å²) in [6, 6.07) is 2.73. The summed E-state index contributed by atoms with van der Waals surface area (Å²) in [7, 11) is 0. The fourth-order valence-corrected chi connectivity index (χ4v) is 3.34. The largest absolute Gasteiger partial charge is 0.367 e. The van der Waals surface area contributed by atoms with Crippen LogP contribution in [-0.4, -0.2) is 52.5 Å². The van der Waals surface area contributed by atoms with Gasteiger partial charge in [-0.05, 0) is 31.7 Å². The topological polar surface area (TPSA) is 70.2 Å². The lowest BCUT2D eigenvalue weighted by Gasteiger charge is -2.34. The van der Waals surface area contributed by atoms with Crippen LogP contribution in [0.1, 0.15) is 38.5 Å². The van der Waals surface area contributed by atoms with E-state index in [1.807, 2.05) is 6.07 Å². The fourth-order valence-electron chi connectivity index (χ4n) is 3.34. The second-order valence-corrected chi connectivity index (χ2v) is 6.32. The summed E-state index contributed by atoms with van der Waals surface area (Å²) in [6.45, 7) is 3.15. The van der Waals surface area contributed by atoms with Gasteiger partial charge in [0.2, 0.25) is 5.91 Å². The smallest absolute Gasteiger partial charge is 0.220 e. The van der Waals surface area contributed by atoms with Crippen molar-refractivity contribution >= 4 is 11.7 Å². The molecule has 0 bridgehead atoms. The van der Waals surface area contributed by atoms with Crippen LogP contribution in [0.25, 0.3) is 0 Å². The van der Waals surface area contributed by atoms with Crippen LogP contribution in [0.3, 0.4) is 0 Å². The summed E-state index contributed by atoms with van der Waals surface area (Å²) in [5, 5.41) is 6.64. The molecule has 6 nitrogen and oxygen atoms in total. The van der Waals surface area contributed by atoms with Crippen LogP contribution in [0, 0.1) is 0 Å². The Morgan fingerprint density at radius 2 is 2.14 bits per heavy atom. The molecule has 3 heterocycles. The molecule has 0 spiro atoms. The summed E-state index contributed by atoms with van der Waals surface area (Å²) in [5.41, 5.74) is 0. The van der Waals surface area contributed by atoms with Crippen LogP contribution in [0.4, 0.5) is 5.82 Å².